The van der Waals surface area contributed by atoms with Crippen molar-refractivity contribution in [2.75, 3.05) is 0 Å². The third kappa shape index (κ3) is 3.31. The van der Waals surface area contributed by atoms with Gasteiger partial charge in [0, 0.05) is 10.8 Å². The maximum absolute atomic E-state index is 10.7. The van der Waals surface area contributed by atoms with E-state index >= 15 is 0 Å². The van der Waals surface area contributed by atoms with Crippen LogP contribution in [-0.2, 0) is 4.79 Å². The van der Waals surface area contributed by atoms with Gasteiger partial charge in [0.15, 0.2) is 0 Å². The molecule has 2 rings (SSSR count). The van der Waals surface area contributed by atoms with Gasteiger partial charge in [-0.05, 0) is 29.3 Å². The van der Waals surface area contributed by atoms with Crippen LogP contribution in [0.4, 0.5) is 0 Å². The minimum atomic E-state index is -0.0425. The standard InChI is InChI=1S/C15H13ClOS/c1-11(10-17)13-5-2-12(3-6-13)4-7-14-8-9-15(16)18-14/h2-11H,1H3. The summed E-state index contributed by atoms with van der Waals surface area (Å²) in [6.07, 6.45) is 5.03. The van der Waals surface area contributed by atoms with E-state index in [1.54, 1.807) is 11.3 Å². The Morgan fingerprint density at radius 3 is 2.39 bits per heavy atom. The molecule has 0 saturated heterocycles. The first-order chi connectivity index (χ1) is 8.69. The van der Waals surface area contributed by atoms with Crippen LogP contribution in [0.2, 0.25) is 4.34 Å². The van der Waals surface area contributed by atoms with E-state index in [-0.39, 0.29) is 5.92 Å². The molecule has 0 aliphatic carbocycles. The Kier molecular flexibility index (Phi) is 4.34. The molecule has 1 unspecified atom stereocenters. The average molecular weight is 277 g/mol. The van der Waals surface area contributed by atoms with Crippen LogP contribution < -0.4 is 0 Å². The second-order valence-electron chi connectivity index (χ2n) is 4.07. The molecule has 92 valence electrons. The maximum Gasteiger partial charge on any atom is 0.127 e. The molecule has 0 aliphatic heterocycles. The quantitative estimate of drug-likeness (QED) is 0.728. The summed E-state index contributed by atoms with van der Waals surface area (Å²) in [7, 11) is 0. The molecule has 3 heteroatoms. The summed E-state index contributed by atoms with van der Waals surface area (Å²) in [5.41, 5.74) is 2.16. The molecule has 0 amide bonds. The molecule has 0 aliphatic rings. The highest BCUT2D eigenvalue weighted by Crippen LogP contribution is 2.23. The van der Waals surface area contributed by atoms with Gasteiger partial charge in [-0.15, -0.1) is 11.3 Å². The molecule has 0 N–H and O–H groups in total. The van der Waals surface area contributed by atoms with Crippen molar-refractivity contribution in [3.63, 3.8) is 0 Å². The number of carbonyl (C=O) groups excluding carboxylic acids is 1. The van der Waals surface area contributed by atoms with Crippen LogP contribution in [0.15, 0.2) is 36.4 Å². The number of thiophene rings is 1. The largest absolute Gasteiger partial charge is 0.303 e. The molecule has 1 heterocycles. The van der Waals surface area contributed by atoms with Crippen molar-refractivity contribution < 1.29 is 4.79 Å². The Balaban J connectivity index is 2.10. The van der Waals surface area contributed by atoms with Crippen molar-refractivity contribution in [2.24, 2.45) is 0 Å². The van der Waals surface area contributed by atoms with E-state index in [4.69, 9.17) is 11.6 Å². The Morgan fingerprint density at radius 1 is 1.11 bits per heavy atom. The number of rotatable bonds is 4. The molecule has 0 fully saturated rings. The van der Waals surface area contributed by atoms with Crippen molar-refractivity contribution in [1.82, 2.24) is 0 Å². The van der Waals surface area contributed by atoms with Crippen LogP contribution in [0.25, 0.3) is 12.2 Å². The van der Waals surface area contributed by atoms with Crippen molar-refractivity contribution in [3.05, 3.63) is 56.7 Å². The lowest BCUT2D eigenvalue weighted by Crippen LogP contribution is -1.93. The van der Waals surface area contributed by atoms with Gasteiger partial charge >= 0.3 is 0 Å². The SMILES string of the molecule is CC(C=O)c1ccc(C=Cc2ccc(Cl)s2)cc1. The normalized spacial score (nSPS) is 12.8. The molecular weight excluding hydrogens is 264 g/mol. The van der Waals surface area contributed by atoms with Gasteiger partial charge in [0.05, 0.1) is 4.34 Å². The van der Waals surface area contributed by atoms with Crippen molar-refractivity contribution >= 4 is 41.4 Å². The molecule has 18 heavy (non-hydrogen) atoms. The number of aldehydes is 1. The average Bonchev–Trinajstić information content (AvgIpc) is 2.82. The molecule has 0 saturated carbocycles. The van der Waals surface area contributed by atoms with Gasteiger partial charge in [0.2, 0.25) is 0 Å². The second kappa shape index (κ2) is 5.98. The molecule has 0 bridgehead atoms. The molecule has 1 aromatic heterocycles. The van der Waals surface area contributed by atoms with Gasteiger partial charge in [-0.25, -0.2) is 0 Å². The lowest BCUT2D eigenvalue weighted by molar-refractivity contribution is -0.108. The lowest BCUT2D eigenvalue weighted by atomic mass is 10.0. The van der Waals surface area contributed by atoms with E-state index < -0.39 is 0 Å². The van der Waals surface area contributed by atoms with Crippen LogP contribution in [0.3, 0.4) is 0 Å². The summed E-state index contributed by atoms with van der Waals surface area (Å²) in [4.78, 5) is 11.8. The van der Waals surface area contributed by atoms with E-state index in [0.717, 1.165) is 26.6 Å². The monoisotopic (exact) mass is 276 g/mol. The van der Waals surface area contributed by atoms with Crippen molar-refractivity contribution in [2.45, 2.75) is 12.8 Å². The molecule has 2 aromatic rings. The summed E-state index contributed by atoms with van der Waals surface area (Å²) < 4.78 is 0.796. The van der Waals surface area contributed by atoms with E-state index in [1.165, 1.54) is 0 Å². The molecule has 1 atom stereocenters. The zero-order valence-electron chi connectivity index (χ0n) is 9.97. The Labute approximate surface area is 116 Å². The summed E-state index contributed by atoms with van der Waals surface area (Å²) in [5, 5.41) is 0. The number of halogens is 1. The third-order valence-corrected chi connectivity index (χ3v) is 3.90. The van der Waals surface area contributed by atoms with Gasteiger partial charge < -0.3 is 4.79 Å². The van der Waals surface area contributed by atoms with Gasteiger partial charge in [-0.3, -0.25) is 0 Å². The molecule has 1 aromatic carbocycles. The molecule has 0 radical (unpaired) electrons. The lowest BCUT2D eigenvalue weighted by Gasteiger charge is -2.03. The molecular formula is C15H13ClOS. The number of hydrogen-bond acceptors (Lipinski definition) is 2. The van der Waals surface area contributed by atoms with Crippen LogP contribution in [0.5, 0.6) is 0 Å². The maximum atomic E-state index is 10.7. The first-order valence-corrected chi connectivity index (χ1v) is 6.87. The van der Waals surface area contributed by atoms with Crippen LogP contribution in [-0.4, -0.2) is 6.29 Å². The number of hydrogen-bond donors (Lipinski definition) is 0. The van der Waals surface area contributed by atoms with Crippen LogP contribution in [0, 0.1) is 0 Å². The van der Waals surface area contributed by atoms with Crippen LogP contribution >= 0.6 is 22.9 Å². The topological polar surface area (TPSA) is 17.1 Å². The highest BCUT2D eigenvalue weighted by Gasteiger charge is 2.02. The van der Waals surface area contributed by atoms with Crippen LogP contribution in [0.1, 0.15) is 28.8 Å². The summed E-state index contributed by atoms with van der Waals surface area (Å²) >= 11 is 7.42. The van der Waals surface area contributed by atoms with Gasteiger partial charge in [-0.2, -0.15) is 0 Å². The number of carbonyl (C=O) groups is 1. The van der Waals surface area contributed by atoms with E-state index in [1.807, 2.05) is 55.5 Å². The summed E-state index contributed by atoms with van der Waals surface area (Å²) in [5.74, 6) is -0.0425. The molecule has 1 nitrogen and oxygen atoms in total. The van der Waals surface area contributed by atoms with E-state index in [0.29, 0.717) is 0 Å². The third-order valence-electron chi connectivity index (χ3n) is 2.70. The van der Waals surface area contributed by atoms with E-state index in [2.05, 4.69) is 0 Å². The van der Waals surface area contributed by atoms with E-state index in [9.17, 15) is 4.79 Å². The van der Waals surface area contributed by atoms with Crippen molar-refractivity contribution in [1.29, 1.82) is 0 Å². The Hall–Kier alpha value is -1.38. The Bertz CT molecular complexity index is 554. The molecule has 0 spiro atoms. The fraction of sp³-hybridized carbons (Fsp3) is 0.133. The first-order valence-electron chi connectivity index (χ1n) is 5.68. The predicted molar refractivity (Wildman–Crippen MR) is 79.2 cm³/mol. The highest BCUT2D eigenvalue weighted by atomic mass is 35.5. The fourth-order valence-corrected chi connectivity index (χ4v) is 2.55. The van der Waals surface area contributed by atoms with Crippen molar-refractivity contribution in [3.8, 4) is 0 Å². The zero-order valence-corrected chi connectivity index (χ0v) is 11.5. The highest BCUT2D eigenvalue weighted by molar-refractivity contribution is 7.17. The number of benzene rings is 1. The summed E-state index contributed by atoms with van der Waals surface area (Å²) in [6, 6.07) is 11.9. The minimum Gasteiger partial charge on any atom is -0.303 e. The first kappa shape index (κ1) is 13.1. The summed E-state index contributed by atoms with van der Waals surface area (Å²) in [6.45, 7) is 1.89. The Morgan fingerprint density at radius 2 is 1.83 bits per heavy atom. The fourth-order valence-electron chi connectivity index (χ4n) is 1.59. The smallest absolute Gasteiger partial charge is 0.127 e. The minimum absolute atomic E-state index is 0.0425. The van der Waals surface area contributed by atoms with Gasteiger partial charge in [-0.1, -0.05) is 48.9 Å². The van der Waals surface area contributed by atoms with Gasteiger partial charge in [0.1, 0.15) is 6.29 Å². The second-order valence-corrected chi connectivity index (χ2v) is 5.81. The zero-order chi connectivity index (χ0) is 13.0. The predicted octanol–water partition coefficient (Wildman–Crippen LogP) is 4.87. The van der Waals surface area contributed by atoms with Gasteiger partial charge in [0.25, 0.3) is 0 Å².